The van der Waals surface area contributed by atoms with Crippen LogP contribution in [0.15, 0.2) is 47.8 Å². The van der Waals surface area contributed by atoms with Crippen molar-refractivity contribution in [3.8, 4) is 0 Å². The molecule has 2 heterocycles. The fraction of sp³-hybridized carbons (Fsp3) is 0.450. The average Bonchev–Trinajstić information content (AvgIpc) is 3.27. The van der Waals surface area contributed by atoms with Gasteiger partial charge in [0.15, 0.2) is 0 Å². The number of Topliss-reactive ketones (excluding diaryl/α,β-unsaturated/α-hetero) is 1. The highest BCUT2D eigenvalue weighted by Gasteiger charge is 2.49. The van der Waals surface area contributed by atoms with Crippen molar-refractivity contribution in [2.45, 2.75) is 29.7 Å². The van der Waals surface area contributed by atoms with Crippen molar-refractivity contribution in [3.05, 3.63) is 48.5 Å². The number of aromatic nitrogens is 2. The Hall–Kier alpha value is -2.25. The molecule has 1 aromatic carbocycles. The summed E-state index contributed by atoms with van der Waals surface area (Å²) in [7, 11) is -4.32. The van der Waals surface area contributed by atoms with Gasteiger partial charge in [-0.3, -0.25) is 8.77 Å². The monoisotopic (exact) mass is 481 g/mol. The molecule has 0 amide bonds. The minimum atomic E-state index is -4.32. The summed E-state index contributed by atoms with van der Waals surface area (Å²) in [6, 6.07) is 7.19. The number of aliphatic carboxylic acids is 1. The molecule has 0 bridgehead atoms. The summed E-state index contributed by atoms with van der Waals surface area (Å²) in [5.41, 5.74) is 2.87. The van der Waals surface area contributed by atoms with E-state index < -0.39 is 33.9 Å². The lowest BCUT2D eigenvalue weighted by Crippen LogP contribution is -2.64. The van der Waals surface area contributed by atoms with E-state index in [1.165, 1.54) is 48.7 Å². The van der Waals surface area contributed by atoms with Crippen LogP contribution in [0.5, 0.6) is 0 Å². The van der Waals surface area contributed by atoms with E-state index in [-0.39, 0.29) is 10.6 Å². The summed E-state index contributed by atoms with van der Waals surface area (Å²) in [6.07, 6.45) is 6.10. The first-order valence-corrected chi connectivity index (χ1v) is 12.7. The van der Waals surface area contributed by atoms with Crippen LogP contribution in [0.2, 0.25) is 0 Å². The second kappa shape index (κ2) is 10.6. The first-order chi connectivity index (χ1) is 15.3. The lowest BCUT2D eigenvalue weighted by molar-refractivity contribution is -0.141. The molecule has 1 aliphatic heterocycles. The van der Waals surface area contributed by atoms with Gasteiger partial charge in [0.25, 0.3) is 0 Å². The van der Waals surface area contributed by atoms with Crippen molar-refractivity contribution in [2.75, 3.05) is 25.4 Å². The number of carbonyl (C=O) groups is 2. The van der Waals surface area contributed by atoms with E-state index in [9.17, 15) is 23.1 Å². The number of imidazole rings is 1. The first kappa shape index (κ1) is 24.4. The highest BCUT2D eigenvalue weighted by molar-refractivity contribution is 7.97. The molecule has 1 aliphatic rings. The smallest absolute Gasteiger partial charge is 0.334 e. The zero-order chi connectivity index (χ0) is 23.2. The molecule has 5 N–H and O–H groups in total. The molecular weight excluding hydrogens is 454 g/mol. The molecule has 1 atom stereocenters. The Morgan fingerprint density at radius 1 is 1.28 bits per heavy atom. The van der Waals surface area contributed by atoms with Gasteiger partial charge >= 0.3 is 5.97 Å². The Bertz CT molecular complexity index is 1040. The minimum Gasteiger partial charge on any atom is -0.479 e. The van der Waals surface area contributed by atoms with E-state index in [0.717, 1.165) is 38.1 Å². The topological polar surface area (TPSA) is 156 Å². The lowest BCUT2D eigenvalue weighted by Gasteiger charge is -2.26. The van der Waals surface area contributed by atoms with Gasteiger partial charge in [0.2, 0.25) is 21.3 Å². The molecular formula is C20H27N5O5S2. The van der Waals surface area contributed by atoms with E-state index in [2.05, 4.69) is 10.3 Å². The van der Waals surface area contributed by atoms with Crippen molar-refractivity contribution in [3.63, 3.8) is 0 Å². The quantitative estimate of drug-likeness (QED) is 0.268. The number of carboxylic acid groups (broad SMARTS) is 1. The largest absolute Gasteiger partial charge is 0.479 e. The predicted octanol–water partition coefficient (Wildman–Crippen LogP) is 0.712. The Labute approximate surface area is 191 Å². The molecule has 1 unspecified atom stereocenters. The van der Waals surface area contributed by atoms with Crippen LogP contribution in [0.3, 0.4) is 0 Å². The molecule has 0 radical (unpaired) electrons. The summed E-state index contributed by atoms with van der Waals surface area (Å²) in [5.74, 6) is -1.25. The second-order valence-electron chi connectivity index (χ2n) is 7.60. The number of hydrogen-bond donors (Lipinski definition) is 4. The van der Waals surface area contributed by atoms with Gasteiger partial charge in [0.1, 0.15) is 12.0 Å². The SMILES string of the molecule is NCC(NS(=O)(=O)c1ccccc1)(C(=O)O)C(=O)c1cn(SCCC2CCNCC2)cn1. The Kier molecular flexibility index (Phi) is 8.06. The Balaban J connectivity index is 1.74. The number of hydrogen-bond acceptors (Lipinski definition) is 8. The van der Waals surface area contributed by atoms with E-state index >= 15 is 0 Å². The lowest BCUT2D eigenvalue weighted by atomic mass is 9.93. The highest BCUT2D eigenvalue weighted by atomic mass is 32.2. The fourth-order valence-electron chi connectivity index (χ4n) is 3.50. The zero-order valence-electron chi connectivity index (χ0n) is 17.4. The summed E-state index contributed by atoms with van der Waals surface area (Å²) in [5, 5.41) is 13.1. The van der Waals surface area contributed by atoms with Crippen molar-refractivity contribution in [1.29, 1.82) is 0 Å². The zero-order valence-corrected chi connectivity index (χ0v) is 19.1. The number of piperidine rings is 1. The van der Waals surface area contributed by atoms with Gasteiger partial charge in [-0.05, 0) is 62.4 Å². The maximum absolute atomic E-state index is 13.1. The van der Waals surface area contributed by atoms with E-state index in [4.69, 9.17) is 5.73 Å². The normalized spacial score (nSPS) is 17.0. The van der Waals surface area contributed by atoms with Crippen molar-refractivity contribution in [2.24, 2.45) is 11.7 Å². The number of nitrogens with zero attached hydrogens (tertiary/aromatic N) is 2. The molecule has 2 aromatic rings. The number of ketones is 1. The molecule has 32 heavy (non-hydrogen) atoms. The van der Waals surface area contributed by atoms with Gasteiger partial charge in [-0.1, -0.05) is 18.2 Å². The van der Waals surface area contributed by atoms with Crippen LogP contribution in [-0.2, 0) is 14.8 Å². The minimum absolute atomic E-state index is 0.175. The molecule has 1 aromatic heterocycles. The Morgan fingerprint density at radius 3 is 2.59 bits per heavy atom. The highest BCUT2D eigenvalue weighted by Crippen LogP contribution is 2.22. The standard InChI is InChI=1S/C20H27N5O5S2/c21-13-20(19(27)28,24-32(29,30)16-4-2-1-3-5-16)18(26)17-12-25(14-23-17)31-11-8-15-6-9-22-10-7-15/h1-5,12,14-15,22,24H,6-11,13,21H2,(H,27,28). The van der Waals surface area contributed by atoms with Crippen molar-refractivity contribution in [1.82, 2.24) is 19.0 Å². The molecule has 3 rings (SSSR count). The van der Waals surface area contributed by atoms with Crippen LogP contribution in [0.25, 0.3) is 0 Å². The van der Waals surface area contributed by atoms with E-state index in [0.29, 0.717) is 5.92 Å². The first-order valence-electron chi connectivity index (χ1n) is 10.2. The molecule has 0 saturated carbocycles. The van der Waals surface area contributed by atoms with Crippen molar-refractivity contribution < 1.29 is 23.1 Å². The average molecular weight is 482 g/mol. The Morgan fingerprint density at radius 2 is 1.97 bits per heavy atom. The van der Waals surface area contributed by atoms with Gasteiger partial charge in [-0.15, -0.1) is 0 Å². The van der Waals surface area contributed by atoms with Crippen LogP contribution in [0.1, 0.15) is 29.8 Å². The number of sulfonamides is 1. The maximum Gasteiger partial charge on any atom is 0.334 e. The van der Waals surface area contributed by atoms with Crippen LogP contribution in [0.4, 0.5) is 0 Å². The third-order valence-corrected chi connectivity index (χ3v) is 7.87. The third kappa shape index (κ3) is 5.56. The number of nitrogens with two attached hydrogens (primary N) is 1. The molecule has 1 fully saturated rings. The second-order valence-corrected chi connectivity index (χ2v) is 10.4. The molecule has 12 heteroatoms. The van der Waals surface area contributed by atoms with Gasteiger partial charge in [0, 0.05) is 18.5 Å². The van der Waals surface area contributed by atoms with Crippen LogP contribution in [0, 0.1) is 5.92 Å². The number of carboxylic acids is 1. The summed E-state index contributed by atoms with van der Waals surface area (Å²) >= 11 is 1.45. The number of nitrogens with one attached hydrogen (secondary N) is 2. The van der Waals surface area contributed by atoms with Gasteiger partial charge in [0.05, 0.1) is 4.90 Å². The van der Waals surface area contributed by atoms with Crippen LogP contribution < -0.4 is 15.8 Å². The molecule has 0 aliphatic carbocycles. The summed E-state index contributed by atoms with van der Waals surface area (Å²) < 4.78 is 29.1. The fourth-order valence-corrected chi connectivity index (χ4v) is 5.80. The van der Waals surface area contributed by atoms with E-state index in [1.807, 2.05) is 4.72 Å². The van der Waals surface area contributed by atoms with Gasteiger partial charge in [-0.2, -0.15) is 4.72 Å². The summed E-state index contributed by atoms with van der Waals surface area (Å²) in [6.45, 7) is 1.27. The third-order valence-electron chi connectivity index (χ3n) is 5.44. The predicted molar refractivity (Wildman–Crippen MR) is 121 cm³/mol. The summed E-state index contributed by atoms with van der Waals surface area (Å²) in [4.78, 5) is 29.0. The van der Waals surface area contributed by atoms with Crippen molar-refractivity contribution >= 4 is 33.7 Å². The van der Waals surface area contributed by atoms with E-state index in [1.54, 1.807) is 10.0 Å². The van der Waals surface area contributed by atoms with Crippen LogP contribution >= 0.6 is 11.9 Å². The number of benzene rings is 1. The molecule has 0 spiro atoms. The van der Waals surface area contributed by atoms with Gasteiger partial charge in [-0.25, -0.2) is 18.2 Å². The number of rotatable bonds is 11. The molecule has 1 saturated heterocycles. The number of carbonyl (C=O) groups excluding carboxylic acids is 1. The van der Waals surface area contributed by atoms with Crippen LogP contribution in [-0.4, -0.2) is 65.2 Å². The molecule has 10 nitrogen and oxygen atoms in total. The maximum atomic E-state index is 13.1. The van der Waals surface area contributed by atoms with Gasteiger partial charge < -0.3 is 16.2 Å². The molecule has 174 valence electrons.